The molecule has 4 heterocycles. The van der Waals surface area contributed by atoms with Crippen LogP contribution in [0.15, 0.2) is 0 Å². The quantitative estimate of drug-likeness (QED) is 0.762. The van der Waals surface area contributed by atoms with Gasteiger partial charge < -0.3 is 19.3 Å². The van der Waals surface area contributed by atoms with E-state index in [-0.39, 0.29) is 17.8 Å². The Morgan fingerprint density at radius 3 is 2.56 bits per heavy atom. The summed E-state index contributed by atoms with van der Waals surface area (Å²) in [4.78, 5) is 30.2. The predicted octanol–water partition coefficient (Wildman–Crippen LogP) is 2.06. The van der Waals surface area contributed by atoms with Crippen LogP contribution < -0.4 is 0 Å². The molecule has 4 aliphatic heterocycles. The molecule has 0 N–H and O–H groups in total. The van der Waals surface area contributed by atoms with E-state index in [0.29, 0.717) is 18.7 Å². The van der Waals surface area contributed by atoms with Crippen LogP contribution in [0.2, 0.25) is 0 Å². The molecule has 0 aromatic rings. The third kappa shape index (κ3) is 2.96. The number of carbonyl (C=O) groups excluding carboxylic acids is 2. The van der Waals surface area contributed by atoms with E-state index < -0.39 is 0 Å². The van der Waals surface area contributed by atoms with Gasteiger partial charge in [0.15, 0.2) is 0 Å². The summed E-state index contributed by atoms with van der Waals surface area (Å²) in [6.45, 7) is 6.66. The molecule has 7 nitrogen and oxygen atoms in total. The van der Waals surface area contributed by atoms with Crippen molar-refractivity contribution >= 4 is 12.2 Å². The van der Waals surface area contributed by atoms with Crippen molar-refractivity contribution in [1.82, 2.24) is 14.7 Å². The fourth-order valence-corrected chi connectivity index (χ4v) is 5.16. The number of nitrogens with zero attached hydrogens (tertiary/aromatic N) is 3. The Hall–Kier alpha value is -1.50. The molecule has 4 fully saturated rings. The molecule has 1 atom stereocenters. The van der Waals surface area contributed by atoms with E-state index in [1.54, 1.807) is 0 Å². The molecule has 0 aromatic heterocycles. The van der Waals surface area contributed by atoms with Crippen LogP contribution in [0.25, 0.3) is 0 Å². The van der Waals surface area contributed by atoms with Gasteiger partial charge in [-0.2, -0.15) is 0 Å². The zero-order valence-electron chi connectivity index (χ0n) is 15.1. The van der Waals surface area contributed by atoms with Gasteiger partial charge in [-0.25, -0.2) is 9.59 Å². The van der Waals surface area contributed by atoms with Crippen molar-refractivity contribution in [3.8, 4) is 0 Å². The number of fused-ring (bicyclic) bond motifs is 2. The monoisotopic (exact) mass is 351 g/mol. The Morgan fingerprint density at radius 2 is 1.88 bits per heavy atom. The number of hydrogen-bond acceptors (Lipinski definition) is 5. The zero-order valence-corrected chi connectivity index (χ0v) is 15.1. The molecular weight excluding hydrogens is 322 g/mol. The summed E-state index contributed by atoms with van der Waals surface area (Å²) < 4.78 is 11.0. The van der Waals surface area contributed by atoms with Gasteiger partial charge in [0.05, 0.1) is 12.6 Å². The minimum atomic E-state index is -0.240. The van der Waals surface area contributed by atoms with E-state index >= 15 is 0 Å². The second-order valence-corrected chi connectivity index (χ2v) is 7.74. The van der Waals surface area contributed by atoms with Gasteiger partial charge in [0.2, 0.25) is 0 Å². The lowest BCUT2D eigenvalue weighted by Gasteiger charge is -2.45. The number of rotatable bonds is 2. The maximum Gasteiger partial charge on any atom is 0.410 e. The Morgan fingerprint density at radius 1 is 1.16 bits per heavy atom. The molecule has 0 bridgehead atoms. The van der Waals surface area contributed by atoms with Crippen LogP contribution in [0.1, 0.15) is 45.4 Å². The molecule has 0 saturated carbocycles. The van der Waals surface area contributed by atoms with Crippen LogP contribution in [0.4, 0.5) is 9.59 Å². The number of hydrogen-bond donors (Lipinski definition) is 0. The smallest absolute Gasteiger partial charge is 0.410 e. The first-order chi connectivity index (χ1) is 12.1. The van der Waals surface area contributed by atoms with Crippen LogP contribution in [0.5, 0.6) is 0 Å². The molecule has 0 aliphatic carbocycles. The fourth-order valence-electron chi connectivity index (χ4n) is 5.16. The van der Waals surface area contributed by atoms with Gasteiger partial charge in [-0.05, 0) is 32.6 Å². The zero-order chi connectivity index (χ0) is 17.4. The average Bonchev–Trinajstić information content (AvgIpc) is 3.21. The standard InChI is InChI=1S/C18H29N3O4/c1-2-24-16(22)20-10-5-14(6-11-20)19-12-7-18(8-13-19)15-4-3-9-21(15)17(23)25-18/h14-15H,2-13H2,1H3. The third-order valence-corrected chi connectivity index (χ3v) is 6.54. The lowest BCUT2D eigenvalue weighted by Crippen LogP contribution is -2.55. The van der Waals surface area contributed by atoms with Gasteiger partial charge in [0.25, 0.3) is 0 Å². The molecule has 0 aromatic carbocycles. The van der Waals surface area contributed by atoms with Crippen molar-refractivity contribution in [1.29, 1.82) is 0 Å². The van der Waals surface area contributed by atoms with Crippen LogP contribution in [0, 0.1) is 0 Å². The van der Waals surface area contributed by atoms with Gasteiger partial charge in [-0.15, -0.1) is 0 Å². The number of ether oxygens (including phenoxy) is 2. The molecule has 0 radical (unpaired) electrons. The van der Waals surface area contributed by atoms with E-state index in [1.165, 1.54) is 0 Å². The van der Waals surface area contributed by atoms with Crippen molar-refractivity contribution < 1.29 is 19.1 Å². The van der Waals surface area contributed by atoms with Gasteiger partial charge in [0, 0.05) is 51.6 Å². The van der Waals surface area contributed by atoms with E-state index in [2.05, 4.69) is 4.90 Å². The van der Waals surface area contributed by atoms with Gasteiger partial charge in [0.1, 0.15) is 5.60 Å². The molecule has 7 heteroatoms. The fraction of sp³-hybridized carbons (Fsp3) is 0.889. The van der Waals surface area contributed by atoms with Crippen molar-refractivity contribution in [2.45, 2.75) is 63.1 Å². The normalized spacial score (nSPS) is 29.8. The van der Waals surface area contributed by atoms with Crippen LogP contribution >= 0.6 is 0 Å². The van der Waals surface area contributed by atoms with Crippen LogP contribution in [-0.2, 0) is 9.47 Å². The molecule has 4 saturated heterocycles. The minimum absolute atomic E-state index is 0.0984. The van der Waals surface area contributed by atoms with Crippen LogP contribution in [0.3, 0.4) is 0 Å². The highest BCUT2D eigenvalue weighted by Gasteiger charge is 2.56. The summed E-state index contributed by atoms with van der Waals surface area (Å²) in [5, 5.41) is 0. The lowest BCUT2D eigenvalue weighted by molar-refractivity contribution is -0.0354. The highest BCUT2D eigenvalue weighted by Crippen LogP contribution is 2.43. The number of amides is 2. The topological polar surface area (TPSA) is 62.3 Å². The molecule has 4 aliphatic rings. The van der Waals surface area contributed by atoms with Crippen molar-refractivity contribution in [3.05, 3.63) is 0 Å². The van der Waals surface area contributed by atoms with Gasteiger partial charge >= 0.3 is 12.2 Å². The van der Waals surface area contributed by atoms with Gasteiger partial charge in [-0.3, -0.25) is 4.90 Å². The number of piperidine rings is 2. The minimum Gasteiger partial charge on any atom is -0.450 e. The van der Waals surface area contributed by atoms with Crippen molar-refractivity contribution in [3.63, 3.8) is 0 Å². The Kier molecular flexibility index (Phi) is 4.52. The van der Waals surface area contributed by atoms with Crippen molar-refractivity contribution in [2.75, 3.05) is 39.3 Å². The molecule has 2 amide bonds. The first-order valence-corrected chi connectivity index (χ1v) is 9.78. The number of carbonyl (C=O) groups is 2. The summed E-state index contributed by atoms with van der Waals surface area (Å²) in [6.07, 6.45) is 5.80. The maximum atomic E-state index is 12.1. The SMILES string of the molecule is CCOC(=O)N1CCC(N2CCC3(CC2)OC(=O)N2CCCC23)CC1. The summed E-state index contributed by atoms with van der Waals surface area (Å²) in [5.74, 6) is 0. The average molecular weight is 351 g/mol. The summed E-state index contributed by atoms with van der Waals surface area (Å²) in [6, 6.07) is 0.827. The number of likely N-dealkylation sites (tertiary alicyclic amines) is 2. The van der Waals surface area contributed by atoms with E-state index in [9.17, 15) is 9.59 Å². The predicted molar refractivity (Wildman–Crippen MR) is 91.4 cm³/mol. The van der Waals surface area contributed by atoms with Crippen LogP contribution in [-0.4, -0.2) is 83.9 Å². The summed E-state index contributed by atoms with van der Waals surface area (Å²) >= 11 is 0. The summed E-state index contributed by atoms with van der Waals surface area (Å²) in [5.41, 5.74) is -0.240. The highest BCUT2D eigenvalue weighted by molar-refractivity contribution is 5.72. The largest absolute Gasteiger partial charge is 0.450 e. The van der Waals surface area contributed by atoms with E-state index in [0.717, 1.165) is 71.2 Å². The maximum absolute atomic E-state index is 12.1. The summed E-state index contributed by atoms with van der Waals surface area (Å²) in [7, 11) is 0. The van der Waals surface area contributed by atoms with Crippen molar-refractivity contribution in [2.24, 2.45) is 0 Å². The molecule has 25 heavy (non-hydrogen) atoms. The molecule has 4 rings (SSSR count). The Balaban J connectivity index is 1.30. The molecule has 140 valence electrons. The Labute approximate surface area is 149 Å². The highest BCUT2D eigenvalue weighted by atomic mass is 16.6. The Bertz CT molecular complexity index is 524. The second kappa shape index (κ2) is 6.67. The third-order valence-electron chi connectivity index (χ3n) is 6.54. The van der Waals surface area contributed by atoms with Gasteiger partial charge in [-0.1, -0.05) is 0 Å². The first kappa shape index (κ1) is 16.9. The van der Waals surface area contributed by atoms with E-state index in [1.807, 2.05) is 16.7 Å². The second-order valence-electron chi connectivity index (χ2n) is 7.74. The lowest BCUT2D eigenvalue weighted by atomic mass is 9.82. The first-order valence-electron chi connectivity index (χ1n) is 9.78. The van der Waals surface area contributed by atoms with E-state index in [4.69, 9.17) is 9.47 Å². The molecular formula is C18H29N3O4. The molecule has 1 unspecified atom stereocenters. The molecule has 1 spiro atoms.